The van der Waals surface area contributed by atoms with Gasteiger partial charge < -0.3 is 69.9 Å². The smallest absolute Gasteiger partial charge is 0.187 e. The van der Waals surface area contributed by atoms with E-state index in [0.29, 0.717) is 0 Å². The van der Waals surface area contributed by atoms with Crippen molar-refractivity contribution < 1.29 is 64.5 Å². The fraction of sp³-hybridized carbons (Fsp3) is 1.00. The van der Waals surface area contributed by atoms with Crippen LogP contribution in [-0.4, -0.2) is 154 Å². The molecular formula is C18H33NO13. The van der Waals surface area contributed by atoms with E-state index in [2.05, 4.69) is 5.32 Å². The molecule has 9 unspecified atom stereocenters. The summed E-state index contributed by atoms with van der Waals surface area (Å²) in [6, 6.07) is -0.658. The minimum absolute atomic E-state index is 0.123. The summed E-state index contributed by atoms with van der Waals surface area (Å²) in [5.41, 5.74) is 0. The quantitative estimate of drug-likeness (QED) is 0.161. The maximum Gasteiger partial charge on any atom is 0.187 e. The number of rotatable bonds is 8. The maximum atomic E-state index is 10.9. The van der Waals surface area contributed by atoms with Crippen LogP contribution in [-0.2, 0) is 23.7 Å². The Bertz CT molecular complexity index is 587. The van der Waals surface area contributed by atoms with Crippen molar-refractivity contribution in [1.29, 1.82) is 0 Å². The Hall–Kier alpha value is -0.560. The molecule has 0 bridgehead atoms. The summed E-state index contributed by atoms with van der Waals surface area (Å²) in [6.07, 6.45) is -16.9. The number of hydrogen-bond acceptors (Lipinski definition) is 14. The van der Waals surface area contributed by atoms with Crippen LogP contribution in [0.1, 0.15) is 0 Å². The van der Waals surface area contributed by atoms with Crippen LogP contribution in [0.2, 0.25) is 0 Å². The highest BCUT2D eigenvalue weighted by Gasteiger charge is 2.52. The highest BCUT2D eigenvalue weighted by Crippen LogP contribution is 2.31. The fourth-order valence-corrected chi connectivity index (χ4v) is 4.17. The lowest BCUT2D eigenvalue weighted by atomic mass is 9.96. The summed E-state index contributed by atoms with van der Waals surface area (Å²) in [5, 5.41) is 83.6. The van der Waals surface area contributed by atoms with Crippen molar-refractivity contribution in [3.8, 4) is 0 Å². The summed E-state index contributed by atoms with van der Waals surface area (Å²) in [4.78, 5) is 0. The van der Waals surface area contributed by atoms with Crippen molar-refractivity contribution >= 4 is 0 Å². The van der Waals surface area contributed by atoms with Crippen molar-refractivity contribution in [2.45, 2.75) is 79.7 Å². The van der Waals surface area contributed by atoms with E-state index >= 15 is 0 Å². The van der Waals surface area contributed by atoms with Gasteiger partial charge in [0.25, 0.3) is 0 Å². The van der Waals surface area contributed by atoms with Crippen LogP contribution in [0.5, 0.6) is 0 Å². The van der Waals surface area contributed by atoms with E-state index in [1.165, 1.54) is 7.11 Å². The second-order valence-corrected chi connectivity index (χ2v) is 8.14. The molecule has 9 N–H and O–H groups in total. The molecule has 14 heteroatoms. The minimum atomic E-state index is -1.71. The normalized spacial score (nSPS) is 50.0. The van der Waals surface area contributed by atoms with Gasteiger partial charge in [-0.2, -0.15) is 0 Å². The molecule has 0 aromatic heterocycles. The van der Waals surface area contributed by atoms with Crippen molar-refractivity contribution in [3.05, 3.63) is 0 Å². The van der Waals surface area contributed by atoms with E-state index in [1.807, 2.05) is 0 Å². The lowest BCUT2D eigenvalue weighted by Crippen LogP contribution is -2.65. The zero-order valence-corrected chi connectivity index (χ0v) is 17.5. The molecular weight excluding hydrogens is 438 g/mol. The lowest BCUT2D eigenvalue weighted by Gasteiger charge is -2.46. The van der Waals surface area contributed by atoms with Crippen molar-refractivity contribution in [1.82, 2.24) is 5.32 Å². The van der Waals surface area contributed by atoms with Gasteiger partial charge in [-0.25, -0.2) is 0 Å². The van der Waals surface area contributed by atoms with Crippen molar-refractivity contribution in [3.63, 3.8) is 0 Å². The molecule has 3 heterocycles. The molecule has 0 aromatic carbocycles. The topological polar surface area (TPSA) is 220 Å². The van der Waals surface area contributed by atoms with E-state index in [4.69, 9.17) is 23.7 Å². The summed E-state index contributed by atoms with van der Waals surface area (Å²) in [7, 11) is 1.35. The van der Waals surface area contributed by atoms with Crippen LogP contribution in [0.4, 0.5) is 0 Å². The van der Waals surface area contributed by atoms with E-state index < -0.39 is 86.3 Å². The largest absolute Gasteiger partial charge is 0.395 e. The molecule has 0 spiro atoms. The van der Waals surface area contributed by atoms with Crippen LogP contribution < -0.4 is 5.32 Å². The van der Waals surface area contributed by atoms with Gasteiger partial charge in [-0.15, -0.1) is 0 Å². The molecule has 0 amide bonds. The SMILES string of the molecule is COCC1OC(O[C@@H]2[C@@H](O)[C@@H](OC3C(O)CNC3CO)C(O)O[C@@H]2CO)C(O)C(O)C1O. The van der Waals surface area contributed by atoms with Crippen molar-refractivity contribution in [2.24, 2.45) is 0 Å². The number of aliphatic hydroxyl groups is 8. The van der Waals surface area contributed by atoms with Gasteiger partial charge in [-0.3, -0.25) is 0 Å². The molecule has 3 saturated heterocycles. The number of methoxy groups -OCH3 is 1. The number of β-amino-alcohol motifs (C(OH)–C–C–N with tert-alkyl or cyclic N) is 1. The van der Waals surface area contributed by atoms with Gasteiger partial charge in [0.1, 0.15) is 54.9 Å². The Balaban J connectivity index is 1.75. The first-order valence-electron chi connectivity index (χ1n) is 10.4. The number of aliphatic hydroxyl groups excluding tert-OH is 8. The molecule has 0 aromatic rings. The molecule has 188 valence electrons. The third-order valence-corrected chi connectivity index (χ3v) is 5.98. The van der Waals surface area contributed by atoms with Crippen LogP contribution in [0.25, 0.3) is 0 Å². The van der Waals surface area contributed by atoms with Gasteiger partial charge in [0.05, 0.1) is 32.0 Å². The van der Waals surface area contributed by atoms with Gasteiger partial charge in [0, 0.05) is 13.7 Å². The zero-order valence-electron chi connectivity index (χ0n) is 17.5. The predicted molar refractivity (Wildman–Crippen MR) is 101 cm³/mol. The first-order chi connectivity index (χ1) is 15.2. The first kappa shape index (κ1) is 26.1. The summed E-state index contributed by atoms with van der Waals surface area (Å²) in [5.74, 6) is 0. The third kappa shape index (κ3) is 5.24. The van der Waals surface area contributed by atoms with E-state index in [9.17, 15) is 40.9 Å². The number of ether oxygens (including phenoxy) is 5. The molecule has 3 aliphatic heterocycles. The van der Waals surface area contributed by atoms with Gasteiger partial charge in [-0.05, 0) is 0 Å². The van der Waals surface area contributed by atoms with E-state index in [-0.39, 0.29) is 19.8 Å². The Morgan fingerprint density at radius 2 is 1.50 bits per heavy atom. The van der Waals surface area contributed by atoms with Gasteiger partial charge >= 0.3 is 0 Å². The van der Waals surface area contributed by atoms with Gasteiger partial charge in [0.15, 0.2) is 12.6 Å². The molecule has 0 aliphatic carbocycles. The van der Waals surface area contributed by atoms with Crippen LogP contribution in [0, 0.1) is 0 Å². The molecule has 3 fully saturated rings. The molecule has 32 heavy (non-hydrogen) atoms. The third-order valence-electron chi connectivity index (χ3n) is 5.98. The zero-order chi connectivity index (χ0) is 23.6. The standard InChI is InChI=1S/C18H33NO13/c1-28-5-9-10(23)11(24)12(25)18(30-9)32-15-8(4-21)29-17(27)16(13(15)26)31-14-6(3-20)19-2-7(14)22/h6-27H,2-5H2,1H3/t6?,7?,8-,9?,10?,11?,12?,13-,14?,15+,16-,17?,18?/m1/s1. The van der Waals surface area contributed by atoms with Gasteiger partial charge in [-0.1, -0.05) is 0 Å². The minimum Gasteiger partial charge on any atom is -0.395 e. The molecule has 13 atom stereocenters. The number of nitrogens with one attached hydrogen (secondary N) is 1. The Labute approximate surface area is 183 Å². The van der Waals surface area contributed by atoms with Crippen LogP contribution in [0.15, 0.2) is 0 Å². The Kier molecular flexibility index (Phi) is 9.15. The van der Waals surface area contributed by atoms with Crippen LogP contribution in [0.3, 0.4) is 0 Å². The summed E-state index contributed by atoms with van der Waals surface area (Å²) < 4.78 is 27.0. The molecule has 3 rings (SSSR count). The van der Waals surface area contributed by atoms with Gasteiger partial charge in [0.2, 0.25) is 0 Å². The van der Waals surface area contributed by atoms with E-state index in [0.717, 1.165) is 0 Å². The van der Waals surface area contributed by atoms with E-state index in [1.54, 1.807) is 0 Å². The molecule has 0 saturated carbocycles. The summed E-state index contributed by atoms with van der Waals surface area (Å²) in [6.45, 7) is -1.06. The Morgan fingerprint density at radius 1 is 0.781 bits per heavy atom. The summed E-state index contributed by atoms with van der Waals surface area (Å²) >= 11 is 0. The van der Waals surface area contributed by atoms with Crippen LogP contribution >= 0.6 is 0 Å². The molecule has 0 radical (unpaired) electrons. The number of hydrogen-bond donors (Lipinski definition) is 9. The maximum absolute atomic E-state index is 10.9. The average molecular weight is 471 g/mol. The molecule has 3 aliphatic rings. The highest BCUT2D eigenvalue weighted by molar-refractivity contribution is 4.97. The van der Waals surface area contributed by atoms with Crippen molar-refractivity contribution in [2.75, 3.05) is 33.5 Å². The highest BCUT2D eigenvalue weighted by atomic mass is 16.7. The predicted octanol–water partition coefficient (Wildman–Crippen LogP) is -6.03. The fourth-order valence-electron chi connectivity index (χ4n) is 4.17. The lowest BCUT2D eigenvalue weighted by molar-refractivity contribution is -0.362. The molecule has 14 nitrogen and oxygen atoms in total. The second kappa shape index (κ2) is 11.2. The second-order valence-electron chi connectivity index (χ2n) is 8.14. The monoisotopic (exact) mass is 471 g/mol. The first-order valence-corrected chi connectivity index (χ1v) is 10.4. The Morgan fingerprint density at radius 3 is 2.12 bits per heavy atom. The average Bonchev–Trinajstić information content (AvgIpc) is 3.13.